The van der Waals surface area contributed by atoms with Crippen LogP contribution < -0.4 is 27.0 Å². The largest absolute Gasteiger partial charge is 0.396 e. The highest BCUT2D eigenvalue weighted by Gasteiger charge is 2.37. The molecule has 0 saturated heterocycles. The summed E-state index contributed by atoms with van der Waals surface area (Å²) in [5, 5.41) is 31.5. The second-order valence-corrected chi connectivity index (χ2v) is 21.4. The summed E-state index contributed by atoms with van der Waals surface area (Å²) in [5.41, 5.74) is 5.74. The van der Waals surface area contributed by atoms with E-state index in [2.05, 4.69) is 28.2 Å². The third-order valence-corrected chi connectivity index (χ3v) is 14.8. The molecule has 0 rings (SSSR count). The molecule has 0 aliphatic rings. The van der Waals surface area contributed by atoms with Crippen LogP contribution in [0, 0.1) is 41.4 Å². The Labute approximate surface area is 436 Å². The lowest BCUT2D eigenvalue weighted by Gasteiger charge is -2.30. The van der Waals surface area contributed by atoms with E-state index in [1.54, 1.807) is 6.92 Å². The van der Waals surface area contributed by atoms with Crippen molar-refractivity contribution in [1.82, 2.24) is 21.3 Å². The quantitative estimate of drug-likeness (QED) is 0.0285. The SMILES string of the molecule is CCCCCCCCCCCCCCCC(=O)N[C@H](C(=O)C[C@H](C(=O)N[C@H](C(=O)C[C@@H](CO)C(=O)N[C@@H](CCCCN)C(=O)C[C@@H](CC(C)C)C(=O)N[C@@H](CO)C(=O)CC)[C@@H](C)CC)[C@@H](C)CC)[C@@H](C)CC. The molecule has 8 N–H and O–H groups in total. The van der Waals surface area contributed by atoms with Crippen LogP contribution in [0.15, 0.2) is 0 Å². The Kier molecular flexibility index (Phi) is 38.8. The van der Waals surface area contributed by atoms with E-state index in [4.69, 9.17) is 5.73 Å². The van der Waals surface area contributed by atoms with E-state index in [0.29, 0.717) is 51.5 Å². The van der Waals surface area contributed by atoms with E-state index >= 15 is 0 Å². The Hall–Kier alpha value is -3.56. The molecule has 0 aromatic carbocycles. The second kappa shape index (κ2) is 40.8. The third-order valence-electron chi connectivity index (χ3n) is 14.8. The van der Waals surface area contributed by atoms with Crippen molar-refractivity contribution in [1.29, 1.82) is 0 Å². The monoisotopic (exact) mass is 1020 g/mol. The Balaban J connectivity index is 5.98. The van der Waals surface area contributed by atoms with Crippen LogP contribution >= 0.6 is 0 Å². The van der Waals surface area contributed by atoms with Gasteiger partial charge in [-0.1, -0.05) is 166 Å². The number of amides is 4. The number of hydrogen-bond donors (Lipinski definition) is 7. The molecule has 0 saturated carbocycles. The summed E-state index contributed by atoms with van der Waals surface area (Å²) in [4.78, 5) is 109. The molecule has 0 heterocycles. The zero-order chi connectivity index (χ0) is 54.6. The van der Waals surface area contributed by atoms with Gasteiger partial charge < -0.3 is 37.2 Å². The minimum absolute atomic E-state index is 0.00383. The number of aliphatic hydroxyl groups excluding tert-OH is 2. The number of ketones is 4. The van der Waals surface area contributed by atoms with Gasteiger partial charge in [-0.25, -0.2) is 0 Å². The molecule has 0 spiro atoms. The number of carbonyl (C=O) groups is 8. The Bertz CT molecular complexity index is 1570. The number of unbranched alkanes of at least 4 members (excludes halogenated alkanes) is 13. The molecule has 0 unspecified atom stereocenters. The molecule has 0 radical (unpaired) electrons. The molecule has 0 aliphatic heterocycles. The topological polar surface area (TPSA) is 251 Å². The number of nitrogens with one attached hydrogen (secondary N) is 4. The van der Waals surface area contributed by atoms with E-state index in [9.17, 15) is 48.6 Å². The number of hydrogen-bond acceptors (Lipinski definition) is 11. The standard InChI is InChI=1S/C57H105N5O10/c1-11-16-17-18-19-20-21-22-23-24-25-26-27-31-52(69)61-53(41(9)13-3)51(68)36-45(40(8)12-2)57(72)62-54(42(10)14-4)50(67)35-44(37-63)56(71)59-46(30-28-29-32-58)49(66)34-43(33-39(6)7)55(70)60-47(38-64)48(65)15-5/h39-47,53-54,63-64H,11-38,58H2,1-10H3,(H,59,71)(H,60,70)(H,61,69)(H,62,72)/t40-,41-,42-,43+,44-,45-,46-,47-,53-,54-/m0/s1. The molecule has 0 bridgehead atoms. The van der Waals surface area contributed by atoms with Crippen LogP contribution in [-0.2, 0) is 38.4 Å². The molecular formula is C57H105N5O10. The number of Topliss-reactive ketones (excluding diaryl/α,β-unsaturated/α-hetero) is 4. The van der Waals surface area contributed by atoms with Crippen LogP contribution in [-0.4, -0.2) is 101 Å². The Morgan fingerprint density at radius 2 is 0.931 bits per heavy atom. The molecule has 0 aliphatic carbocycles. The highest BCUT2D eigenvalue weighted by molar-refractivity contribution is 5.97. The molecule has 0 aromatic heterocycles. The van der Waals surface area contributed by atoms with Crippen molar-refractivity contribution in [2.45, 2.75) is 254 Å². The summed E-state index contributed by atoms with van der Waals surface area (Å²) >= 11 is 0. The van der Waals surface area contributed by atoms with Crippen molar-refractivity contribution in [2.75, 3.05) is 19.8 Å². The molecule has 0 aromatic rings. The summed E-state index contributed by atoms with van der Waals surface area (Å²) in [5.74, 6) is -7.15. The fourth-order valence-electron chi connectivity index (χ4n) is 9.25. The van der Waals surface area contributed by atoms with Crippen LogP contribution in [0.4, 0.5) is 0 Å². The highest BCUT2D eigenvalue weighted by Crippen LogP contribution is 2.25. The third kappa shape index (κ3) is 28.2. The van der Waals surface area contributed by atoms with Gasteiger partial charge in [-0.2, -0.15) is 0 Å². The summed E-state index contributed by atoms with van der Waals surface area (Å²) in [6, 6.07) is -3.98. The van der Waals surface area contributed by atoms with Crippen LogP contribution in [0.3, 0.4) is 0 Å². The van der Waals surface area contributed by atoms with Crippen molar-refractivity contribution in [3.8, 4) is 0 Å². The minimum atomic E-state index is -1.27. The average molecular weight is 1020 g/mol. The molecule has 4 amide bonds. The average Bonchev–Trinajstić information content (AvgIpc) is 3.36. The van der Waals surface area contributed by atoms with Gasteiger partial charge in [0.15, 0.2) is 23.1 Å². The van der Waals surface area contributed by atoms with Crippen molar-refractivity contribution in [3.63, 3.8) is 0 Å². The van der Waals surface area contributed by atoms with Gasteiger partial charge >= 0.3 is 0 Å². The molecular weight excluding hydrogens is 915 g/mol. The summed E-state index contributed by atoms with van der Waals surface area (Å²) in [6.45, 7) is 18.1. The number of rotatable bonds is 46. The number of nitrogens with two attached hydrogens (primary N) is 1. The maximum Gasteiger partial charge on any atom is 0.226 e. The maximum absolute atomic E-state index is 14.3. The first kappa shape index (κ1) is 68.4. The van der Waals surface area contributed by atoms with Gasteiger partial charge in [0.2, 0.25) is 23.6 Å². The normalized spacial score (nSPS) is 15.8. The van der Waals surface area contributed by atoms with Crippen LogP contribution in [0.5, 0.6) is 0 Å². The number of carbonyl (C=O) groups excluding carboxylic acids is 8. The number of aliphatic hydroxyl groups is 2. The summed E-state index contributed by atoms with van der Waals surface area (Å²) in [7, 11) is 0. The fraction of sp³-hybridized carbons (Fsp3) is 0.860. The van der Waals surface area contributed by atoms with E-state index in [0.717, 1.165) is 25.7 Å². The van der Waals surface area contributed by atoms with Gasteiger partial charge in [0.25, 0.3) is 0 Å². The van der Waals surface area contributed by atoms with E-state index in [1.165, 1.54) is 57.8 Å². The predicted molar refractivity (Wildman–Crippen MR) is 288 cm³/mol. The summed E-state index contributed by atoms with van der Waals surface area (Å²) in [6.07, 6.45) is 18.5. The van der Waals surface area contributed by atoms with Crippen molar-refractivity contribution < 1.29 is 48.6 Å². The highest BCUT2D eigenvalue weighted by atomic mass is 16.3. The molecule has 72 heavy (non-hydrogen) atoms. The molecule has 418 valence electrons. The van der Waals surface area contributed by atoms with Gasteiger partial charge in [0.05, 0.1) is 37.3 Å². The van der Waals surface area contributed by atoms with E-state index in [1.807, 2.05) is 55.4 Å². The van der Waals surface area contributed by atoms with Crippen molar-refractivity contribution >= 4 is 46.8 Å². The zero-order valence-electron chi connectivity index (χ0n) is 46.9. The Morgan fingerprint density at radius 3 is 1.40 bits per heavy atom. The Morgan fingerprint density at radius 1 is 0.458 bits per heavy atom. The zero-order valence-corrected chi connectivity index (χ0v) is 46.9. The molecule has 10 atom stereocenters. The van der Waals surface area contributed by atoms with E-state index < -0.39 is 90.8 Å². The smallest absolute Gasteiger partial charge is 0.226 e. The van der Waals surface area contributed by atoms with Gasteiger partial charge in [0.1, 0.15) is 6.04 Å². The van der Waals surface area contributed by atoms with Crippen molar-refractivity contribution in [2.24, 2.45) is 47.2 Å². The van der Waals surface area contributed by atoms with E-state index in [-0.39, 0.29) is 66.8 Å². The van der Waals surface area contributed by atoms with Crippen molar-refractivity contribution in [3.05, 3.63) is 0 Å². The second-order valence-electron chi connectivity index (χ2n) is 21.4. The minimum Gasteiger partial charge on any atom is -0.396 e. The van der Waals surface area contributed by atoms with Crippen LogP contribution in [0.1, 0.15) is 230 Å². The molecule has 0 fully saturated rings. The first-order valence-corrected chi connectivity index (χ1v) is 28.5. The lowest BCUT2D eigenvalue weighted by atomic mass is 9.82. The predicted octanol–water partition coefficient (Wildman–Crippen LogP) is 8.41. The van der Waals surface area contributed by atoms with Gasteiger partial charge in [0, 0.05) is 43.9 Å². The van der Waals surface area contributed by atoms with Gasteiger partial charge in [-0.15, -0.1) is 0 Å². The van der Waals surface area contributed by atoms with Gasteiger partial charge in [-0.3, -0.25) is 38.4 Å². The lowest BCUT2D eigenvalue weighted by molar-refractivity contribution is -0.138. The van der Waals surface area contributed by atoms with Gasteiger partial charge in [-0.05, 0) is 62.3 Å². The fourth-order valence-corrected chi connectivity index (χ4v) is 9.25. The maximum atomic E-state index is 14.3. The summed E-state index contributed by atoms with van der Waals surface area (Å²) < 4.78 is 0. The first-order valence-electron chi connectivity index (χ1n) is 28.5. The lowest BCUT2D eigenvalue weighted by Crippen LogP contribution is -2.51. The van der Waals surface area contributed by atoms with Crippen LogP contribution in [0.25, 0.3) is 0 Å². The molecule has 15 nitrogen and oxygen atoms in total. The van der Waals surface area contributed by atoms with Crippen LogP contribution in [0.2, 0.25) is 0 Å². The first-order chi connectivity index (χ1) is 34.3. The molecule has 15 heteroatoms.